The van der Waals surface area contributed by atoms with Gasteiger partial charge in [-0.1, -0.05) is 20.3 Å². The van der Waals surface area contributed by atoms with Crippen LogP contribution in [0.2, 0.25) is 0 Å². The average molecular weight is 324 g/mol. The van der Waals surface area contributed by atoms with E-state index >= 15 is 0 Å². The highest BCUT2D eigenvalue weighted by atomic mass is 19.1. The normalized spacial score (nSPS) is 16.9. The van der Waals surface area contributed by atoms with Crippen LogP contribution in [0.4, 0.5) is 10.1 Å². The highest BCUT2D eigenvalue weighted by Gasteiger charge is 2.20. The Bertz CT molecular complexity index is 900. The number of hydrogen-bond donors (Lipinski definition) is 2. The SMILES string of the molecule is CCCc1cc2[nH]nc(-c3ccc4c(n3)C(C)CCN4)c2cc1F. The second-order valence-corrected chi connectivity index (χ2v) is 6.56. The Morgan fingerprint density at radius 1 is 1.29 bits per heavy atom. The number of aromatic amines is 1. The lowest BCUT2D eigenvalue weighted by Crippen LogP contribution is -2.16. The van der Waals surface area contributed by atoms with E-state index in [1.807, 2.05) is 19.1 Å². The van der Waals surface area contributed by atoms with E-state index in [0.717, 1.165) is 59.3 Å². The van der Waals surface area contributed by atoms with Crippen LogP contribution in [0.1, 0.15) is 43.9 Å². The smallest absolute Gasteiger partial charge is 0.127 e. The van der Waals surface area contributed by atoms with Crippen LogP contribution < -0.4 is 5.32 Å². The lowest BCUT2D eigenvalue weighted by molar-refractivity contribution is 0.609. The van der Waals surface area contributed by atoms with Gasteiger partial charge in [-0.25, -0.2) is 9.37 Å². The van der Waals surface area contributed by atoms with E-state index in [1.54, 1.807) is 6.07 Å². The number of H-pyrrole nitrogens is 1. The van der Waals surface area contributed by atoms with Gasteiger partial charge in [0.1, 0.15) is 11.5 Å². The van der Waals surface area contributed by atoms with E-state index in [2.05, 4.69) is 28.5 Å². The molecule has 5 heteroatoms. The number of hydrogen-bond acceptors (Lipinski definition) is 3. The Morgan fingerprint density at radius 2 is 2.17 bits per heavy atom. The van der Waals surface area contributed by atoms with Crippen LogP contribution in [-0.4, -0.2) is 21.7 Å². The summed E-state index contributed by atoms with van der Waals surface area (Å²) in [6.45, 7) is 5.22. The van der Waals surface area contributed by atoms with Crippen LogP contribution >= 0.6 is 0 Å². The maximum Gasteiger partial charge on any atom is 0.127 e. The zero-order valence-corrected chi connectivity index (χ0v) is 14.0. The fourth-order valence-corrected chi connectivity index (χ4v) is 3.43. The van der Waals surface area contributed by atoms with Gasteiger partial charge in [0.2, 0.25) is 0 Å². The summed E-state index contributed by atoms with van der Waals surface area (Å²) in [6, 6.07) is 7.46. The molecule has 1 aliphatic rings. The zero-order valence-electron chi connectivity index (χ0n) is 14.0. The molecule has 0 fully saturated rings. The molecule has 1 aromatic carbocycles. The number of aryl methyl sites for hydroxylation is 1. The largest absolute Gasteiger partial charge is 0.384 e. The van der Waals surface area contributed by atoms with Crippen LogP contribution in [0.15, 0.2) is 24.3 Å². The molecule has 3 aromatic rings. The number of fused-ring (bicyclic) bond motifs is 2. The number of pyridine rings is 1. The van der Waals surface area contributed by atoms with Crippen LogP contribution in [0.3, 0.4) is 0 Å². The third-order valence-corrected chi connectivity index (χ3v) is 4.78. The van der Waals surface area contributed by atoms with Crippen molar-refractivity contribution in [2.24, 2.45) is 0 Å². The molecule has 0 spiro atoms. The minimum Gasteiger partial charge on any atom is -0.384 e. The molecule has 1 aliphatic heterocycles. The Hall–Kier alpha value is -2.43. The van der Waals surface area contributed by atoms with E-state index in [0.29, 0.717) is 11.6 Å². The molecule has 124 valence electrons. The van der Waals surface area contributed by atoms with Crippen LogP contribution in [-0.2, 0) is 6.42 Å². The maximum absolute atomic E-state index is 14.3. The van der Waals surface area contributed by atoms with Gasteiger partial charge in [-0.05, 0) is 42.7 Å². The highest BCUT2D eigenvalue weighted by molar-refractivity contribution is 5.92. The first-order valence-electron chi connectivity index (χ1n) is 8.59. The quantitative estimate of drug-likeness (QED) is 0.738. The number of rotatable bonds is 3. The first-order valence-corrected chi connectivity index (χ1v) is 8.59. The summed E-state index contributed by atoms with van der Waals surface area (Å²) < 4.78 is 14.3. The number of nitrogens with zero attached hydrogens (tertiary/aromatic N) is 2. The van der Waals surface area contributed by atoms with Crippen molar-refractivity contribution in [1.82, 2.24) is 15.2 Å². The van der Waals surface area contributed by atoms with Gasteiger partial charge >= 0.3 is 0 Å². The minimum absolute atomic E-state index is 0.167. The Labute approximate surface area is 140 Å². The van der Waals surface area contributed by atoms with Crippen LogP contribution in [0.25, 0.3) is 22.3 Å². The summed E-state index contributed by atoms with van der Waals surface area (Å²) in [7, 11) is 0. The lowest BCUT2D eigenvalue weighted by atomic mass is 9.97. The number of benzene rings is 1. The zero-order chi connectivity index (χ0) is 16.7. The van der Waals surface area contributed by atoms with Crippen molar-refractivity contribution in [1.29, 1.82) is 0 Å². The van der Waals surface area contributed by atoms with Crippen molar-refractivity contribution in [2.45, 2.75) is 39.0 Å². The molecular weight excluding hydrogens is 303 g/mol. The molecule has 2 aromatic heterocycles. The van der Waals surface area contributed by atoms with Crippen molar-refractivity contribution < 1.29 is 4.39 Å². The molecule has 1 atom stereocenters. The second-order valence-electron chi connectivity index (χ2n) is 6.56. The highest BCUT2D eigenvalue weighted by Crippen LogP contribution is 2.33. The molecule has 1 unspecified atom stereocenters. The number of aromatic nitrogens is 3. The molecule has 0 radical (unpaired) electrons. The van der Waals surface area contributed by atoms with E-state index < -0.39 is 0 Å². The topological polar surface area (TPSA) is 53.6 Å². The Balaban J connectivity index is 1.82. The van der Waals surface area contributed by atoms with Gasteiger partial charge in [0.25, 0.3) is 0 Å². The van der Waals surface area contributed by atoms with Crippen molar-refractivity contribution in [3.8, 4) is 11.4 Å². The standard InChI is InChI=1S/C19H21FN4/c1-3-4-12-9-17-13(10-14(12)20)19(24-23-17)16-6-5-15-18(22-16)11(2)7-8-21-15/h5-6,9-11,21H,3-4,7-8H2,1-2H3,(H,23,24). The molecule has 0 aliphatic carbocycles. The van der Waals surface area contributed by atoms with E-state index in [1.165, 1.54) is 0 Å². The molecule has 24 heavy (non-hydrogen) atoms. The summed E-state index contributed by atoms with van der Waals surface area (Å²) in [5.41, 5.74) is 5.26. The lowest BCUT2D eigenvalue weighted by Gasteiger charge is -2.23. The second kappa shape index (κ2) is 5.89. The van der Waals surface area contributed by atoms with Gasteiger partial charge in [-0.15, -0.1) is 0 Å². The molecule has 0 saturated heterocycles. The van der Waals surface area contributed by atoms with Gasteiger partial charge < -0.3 is 5.32 Å². The van der Waals surface area contributed by atoms with E-state index in [-0.39, 0.29) is 5.82 Å². The number of halogens is 1. The molecule has 4 rings (SSSR count). The molecule has 3 heterocycles. The van der Waals surface area contributed by atoms with Gasteiger partial charge in [-0.3, -0.25) is 5.10 Å². The maximum atomic E-state index is 14.3. The van der Waals surface area contributed by atoms with E-state index in [4.69, 9.17) is 4.98 Å². The molecule has 0 bridgehead atoms. The molecule has 0 amide bonds. The van der Waals surface area contributed by atoms with Crippen LogP contribution in [0.5, 0.6) is 0 Å². The van der Waals surface area contributed by atoms with Gasteiger partial charge in [0.15, 0.2) is 0 Å². The third-order valence-electron chi connectivity index (χ3n) is 4.78. The Kier molecular flexibility index (Phi) is 3.71. The fourth-order valence-electron chi connectivity index (χ4n) is 3.43. The van der Waals surface area contributed by atoms with Gasteiger partial charge in [0.05, 0.1) is 22.6 Å². The predicted molar refractivity (Wildman–Crippen MR) is 94.8 cm³/mol. The van der Waals surface area contributed by atoms with Crippen molar-refractivity contribution in [3.63, 3.8) is 0 Å². The molecule has 0 saturated carbocycles. The summed E-state index contributed by atoms with van der Waals surface area (Å²) in [5.74, 6) is 0.249. The summed E-state index contributed by atoms with van der Waals surface area (Å²) in [4.78, 5) is 4.81. The first kappa shape index (κ1) is 15.1. The van der Waals surface area contributed by atoms with Crippen LogP contribution in [0, 0.1) is 5.82 Å². The summed E-state index contributed by atoms with van der Waals surface area (Å²) in [6.07, 6.45) is 2.72. The number of nitrogens with one attached hydrogen (secondary N) is 2. The number of anilines is 1. The van der Waals surface area contributed by atoms with Gasteiger partial charge in [0, 0.05) is 17.8 Å². The first-order chi connectivity index (χ1) is 11.7. The molecular formula is C19H21FN4. The molecule has 4 nitrogen and oxygen atoms in total. The fraction of sp³-hybridized carbons (Fsp3) is 0.368. The molecule has 2 N–H and O–H groups in total. The van der Waals surface area contributed by atoms with E-state index in [9.17, 15) is 4.39 Å². The van der Waals surface area contributed by atoms with Gasteiger partial charge in [-0.2, -0.15) is 5.10 Å². The van der Waals surface area contributed by atoms with Crippen molar-refractivity contribution >= 4 is 16.6 Å². The van der Waals surface area contributed by atoms with Crippen molar-refractivity contribution in [3.05, 3.63) is 41.3 Å². The average Bonchev–Trinajstić information content (AvgIpc) is 2.98. The van der Waals surface area contributed by atoms with Crippen molar-refractivity contribution in [2.75, 3.05) is 11.9 Å². The predicted octanol–water partition coefficient (Wildman–Crippen LogP) is 4.64. The Morgan fingerprint density at radius 3 is 3.00 bits per heavy atom. The summed E-state index contributed by atoms with van der Waals surface area (Å²) in [5, 5.41) is 11.6. The monoisotopic (exact) mass is 324 g/mol. The minimum atomic E-state index is -0.167. The summed E-state index contributed by atoms with van der Waals surface area (Å²) >= 11 is 0. The third kappa shape index (κ3) is 2.44.